The predicted octanol–water partition coefficient (Wildman–Crippen LogP) is 7.38. The maximum Gasteiger partial charge on any atom is 0.643 e. The monoisotopic (exact) mass is 432 g/mol. The lowest BCUT2D eigenvalue weighted by atomic mass is 11.1. The largest absolute Gasteiger partial charge is 0.643 e. The average Bonchev–Trinajstić information content (AvgIpc) is 2.31. The Labute approximate surface area is 136 Å². The number of halogens is 13. The van der Waals surface area contributed by atoms with E-state index in [2.05, 4.69) is 23.2 Å². The van der Waals surface area contributed by atoms with Gasteiger partial charge in [0.2, 0.25) is 12.2 Å². The second-order valence-electron chi connectivity index (χ2n) is 1.25. The van der Waals surface area contributed by atoms with E-state index in [-0.39, 0.29) is 6.33 Å². The van der Waals surface area contributed by atoms with E-state index in [0.717, 1.165) is 0 Å². The average molecular weight is 434 g/mol. The highest BCUT2D eigenvalue weighted by atomic mass is 35.8. The van der Waals surface area contributed by atoms with Gasteiger partial charge in [0, 0.05) is 0 Å². The lowest BCUT2D eigenvalue weighted by Gasteiger charge is -1.61. The molecule has 124 valence electrons. The molecule has 0 aliphatic rings. The zero-order valence-electron chi connectivity index (χ0n) is 9.06. The van der Waals surface area contributed by atoms with Crippen molar-refractivity contribution in [1.82, 2.24) is 0 Å². The molecule has 0 unspecified atom stereocenters. The summed E-state index contributed by atoms with van der Waals surface area (Å²) >= 11 is 6.89. The molecular weight excluding hydrogens is 428 g/mol. The van der Waals surface area contributed by atoms with Gasteiger partial charge in [-0.25, -0.2) is 52.1 Å². The molecule has 0 aromatic carbocycles. The van der Waals surface area contributed by atoms with E-state index >= 15 is 0 Å². The van der Waals surface area contributed by atoms with Crippen LogP contribution in [-0.4, -0.2) is 24.4 Å². The van der Waals surface area contributed by atoms with Crippen LogP contribution in [0.2, 0.25) is 0 Å². The van der Waals surface area contributed by atoms with Crippen LogP contribution in [0.1, 0.15) is 0 Å². The van der Waals surface area contributed by atoms with E-state index in [1.807, 2.05) is 0 Å². The molecule has 0 spiro atoms. The van der Waals surface area contributed by atoms with E-state index in [9.17, 15) is 35.1 Å². The predicted molar refractivity (Wildman–Crippen MR) is 69.8 cm³/mol. The standard InChI is InChI=1S/C2HClF2.C2HF3.CH2ClF.CH2F2.Al.3ClH/c3-2(5)1-4;3-1-2(4)5;2*2-1-3;;;;/h2*1H;2*1H2;;3*1H/q;;;;+3;;;/p-3/b2-1-;;;;;;;. The van der Waals surface area contributed by atoms with Gasteiger partial charge in [-0.15, -0.1) is 0 Å². The molecule has 20 heavy (non-hydrogen) atoms. The van der Waals surface area contributed by atoms with Crippen LogP contribution < -0.4 is 0 Å². The third-order valence-electron chi connectivity index (χ3n) is 0.165. The van der Waals surface area contributed by atoms with Crippen molar-refractivity contribution in [3.8, 4) is 0 Å². The molecule has 0 bridgehead atoms. The zero-order valence-corrected chi connectivity index (χ0v) is 14.0. The highest BCUT2D eigenvalue weighted by Gasteiger charge is 2.00. The summed E-state index contributed by atoms with van der Waals surface area (Å²) in [5, 5.41) is -1.31. The van der Waals surface area contributed by atoms with Gasteiger partial charge in [0.05, 0.1) is 0 Å². The van der Waals surface area contributed by atoms with Crippen LogP contribution in [-0.2, 0) is 0 Å². The van der Waals surface area contributed by atoms with Gasteiger partial charge < -0.3 is 0 Å². The van der Waals surface area contributed by atoms with E-state index < -0.39 is 42.1 Å². The first-order chi connectivity index (χ1) is 9.10. The summed E-state index contributed by atoms with van der Waals surface area (Å²) in [4.78, 5) is 0. The fourth-order valence-electron chi connectivity index (χ4n) is 0. The normalized spacial score (nSPS) is 7.95. The Morgan fingerprint density at radius 3 is 1.00 bits per heavy atom. The number of rotatable bonds is 0. The third-order valence-corrected chi connectivity index (χ3v) is 0.247. The summed E-state index contributed by atoms with van der Waals surface area (Å²) in [6.07, 6.45) is -4.13. The first-order valence-corrected chi connectivity index (χ1v) is 9.64. The Bertz CT molecular complexity index is 177. The molecular formula is C6H6AlCl5F8. The maximum atomic E-state index is 10.7. The van der Waals surface area contributed by atoms with Crippen molar-refractivity contribution in [2.24, 2.45) is 0 Å². The molecule has 0 nitrogen and oxygen atoms in total. The van der Waals surface area contributed by atoms with Crippen LogP contribution in [0.5, 0.6) is 0 Å². The van der Waals surface area contributed by atoms with Crippen molar-refractivity contribution in [3.05, 3.63) is 24.0 Å². The maximum absolute atomic E-state index is 10.7. The van der Waals surface area contributed by atoms with Gasteiger partial charge in [0.1, 0.15) is 6.33 Å². The summed E-state index contributed by atoms with van der Waals surface area (Å²) in [6.45, 7) is -1.75. The Kier molecular flexibility index (Phi) is 60.2. The number of hydrogen-bond acceptors (Lipinski definition) is 0. The molecule has 0 fully saturated rings. The summed E-state index contributed by atoms with van der Waals surface area (Å²) < 4.78 is 81.1. The Morgan fingerprint density at radius 2 is 1.00 bits per heavy atom. The molecule has 0 saturated carbocycles. The van der Waals surface area contributed by atoms with Crippen molar-refractivity contribution in [1.29, 1.82) is 0 Å². The smallest absolute Gasteiger partial charge is 0.234 e. The molecule has 0 aliphatic carbocycles. The Morgan fingerprint density at radius 1 is 0.900 bits per heavy atom. The molecule has 0 aromatic heterocycles. The van der Waals surface area contributed by atoms with Crippen molar-refractivity contribution in [3.63, 3.8) is 0 Å². The van der Waals surface area contributed by atoms with Gasteiger partial charge in [-0.2, -0.15) is 13.2 Å². The van der Waals surface area contributed by atoms with Crippen LogP contribution in [0.25, 0.3) is 0 Å². The lowest BCUT2D eigenvalue weighted by molar-refractivity contribution is 0.295. The minimum atomic E-state index is -2.29. The van der Waals surface area contributed by atoms with Crippen molar-refractivity contribution < 1.29 is 35.1 Å². The van der Waals surface area contributed by atoms with Gasteiger partial charge in [0.15, 0.2) is 12.5 Å². The summed E-state index contributed by atoms with van der Waals surface area (Å²) in [5.74, 6) is 0. The van der Waals surface area contributed by atoms with Gasteiger partial charge >= 0.3 is 11.4 Å². The lowest BCUT2D eigenvalue weighted by Crippen LogP contribution is -1.66. The highest BCUT2D eigenvalue weighted by Crippen LogP contribution is 1.99. The van der Waals surface area contributed by atoms with E-state index in [1.54, 1.807) is 0 Å². The second-order valence-corrected chi connectivity index (χ2v) is 8.24. The van der Waals surface area contributed by atoms with Gasteiger partial charge in [-0.3, -0.25) is 0 Å². The first kappa shape index (κ1) is 32.7. The number of alkyl halides is 4. The molecule has 0 radical (unpaired) electrons. The van der Waals surface area contributed by atoms with Crippen molar-refractivity contribution >= 4 is 64.7 Å². The molecule has 0 N–H and O–H groups in total. The molecule has 14 heteroatoms. The van der Waals surface area contributed by atoms with Gasteiger partial charge in [-0.05, 0) is 11.6 Å². The molecule has 0 heterocycles. The molecule has 0 saturated heterocycles. The van der Waals surface area contributed by atoms with Gasteiger partial charge in [-0.1, -0.05) is 11.6 Å². The second kappa shape index (κ2) is 36.8. The summed E-state index contributed by atoms with van der Waals surface area (Å²) in [7, 11) is 14.8. The molecule has 0 rings (SSSR count). The van der Waals surface area contributed by atoms with E-state index in [0.29, 0.717) is 0 Å². The summed E-state index contributed by atoms with van der Waals surface area (Å²) in [5.41, 5.74) is 0. The number of hydrogen-bond donors (Lipinski definition) is 0. The summed E-state index contributed by atoms with van der Waals surface area (Å²) in [6, 6.07) is 0. The van der Waals surface area contributed by atoms with Crippen molar-refractivity contribution in [2.45, 2.75) is 0 Å². The topological polar surface area (TPSA) is 0 Å². The molecule has 0 amide bonds. The molecule has 0 aromatic rings. The quantitative estimate of drug-likeness (QED) is 0.212. The SMILES string of the molecule is F/C=C(\F)Cl.FC=C(F)F.FCCl.FCF.[Cl][Al]([Cl])[Cl]. The fraction of sp³-hybridized carbons (Fsp3) is 0.333. The van der Waals surface area contributed by atoms with Crippen LogP contribution in [0.3, 0.4) is 0 Å². The fourth-order valence-corrected chi connectivity index (χ4v) is 0. The van der Waals surface area contributed by atoms with Crippen molar-refractivity contribution in [2.75, 3.05) is 13.1 Å². The van der Waals surface area contributed by atoms with Crippen LogP contribution >= 0.6 is 53.3 Å². The Balaban J connectivity index is -0.0000000478. The Hall–Kier alpha value is 0.902. The van der Waals surface area contributed by atoms with Crippen LogP contribution in [0.15, 0.2) is 24.0 Å². The molecule has 0 aliphatic heterocycles. The third kappa shape index (κ3) is 252. The van der Waals surface area contributed by atoms with Crippen LogP contribution in [0.4, 0.5) is 35.1 Å². The van der Waals surface area contributed by atoms with E-state index in [4.69, 9.17) is 30.1 Å². The van der Waals surface area contributed by atoms with Gasteiger partial charge in [0.25, 0.3) is 6.08 Å². The highest BCUT2D eigenvalue weighted by molar-refractivity contribution is 7.54. The zero-order chi connectivity index (χ0) is 17.6. The van der Waals surface area contributed by atoms with Crippen LogP contribution in [0, 0.1) is 0 Å². The first-order valence-electron chi connectivity index (χ1n) is 3.49. The minimum Gasteiger partial charge on any atom is -0.234 e. The molecule has 0 atom stereocenters. The van der Waals surface area contributed by atoms with E-state index in [1.165, 1.54) is 0 Å². The minimum absolute atomic E-state index is 0.318.